The Hall–Kier alpha value is -3.52. The number of ether oxygens (including phenoxy) is 1. The zero-order valence-electron chi connectivity index (χ0n) is 17.4. The van der Waals surface area contributed by atoms with E-state index in [-0.39, 0.29) is 11.8 Å². The molecule has 1 aliphatic heterocycles. The highest BCUT2D eigenvalue weighted by Gasteiger charge is 2.19. The maximum atomic E-state index is 11.7. The van der Waals surface area contributed by atoms with E-state index in [9.17, 15) is 4.79 Å². The summed E-state index contributed by atoms with van der Waals surface area (Å²) in [7, 11) is 0. The number of amides is 1. The highest BCUT2D eigenvalue weighted by atomic mass is 16.5. The van der Waals surface area contributed by atoms with E-state index in [1.54, 1.807) is 0 Å². The predicted molar refractivity (Wildman–Crippen MR) is 120 cm³/mol. The smallest absolute Gasteiger partial charge is 0.295 e. The van der Waals surface area contributed by atoms with Gasteiger partial charge in [0, 0.05) is 31.3 Å². The maximum Gasteiger partial charge on any atom is 0.295 e. The molecule has 30 heavy (non-hydrogen) atoms. The molecule has 2 aromatic rings. The number of carbonyl (C=O) groups excluding carboxylic acids is 1. The van der Waals surface area contributed by atoms with Crippen LogP contribution >= 0.6 is 0 Å². The molecule has 1 heterocycles. The van der Waals surface area contributed by atoms with Crippen molar-refractivity contribution >= 4 is 12.1 Å². The van der Waals surface area contributed by atoms with Gasteiger partial charge in [0.15, 0.2) is 0 Å². The molecular weight excluding hydrogens is 374 g/mol. The molecule has 3 rings (SSSR count). The highest BCUT2D eigenvalue weighted by Crippen LogP contribution is 2.25. The summed E-state index contributed by atoms with van der Waals surface area (Å²) in [6.45, 7) is 5.33. The van der Waals surface area contributed by atoms with E-state index in [2.05, 4.69) is 27.5 Å². The van der Waals surface area contributed by atoms with Gasteiger partial charge in [0.2, 0.25) is 0 Å². The van der Waals surface area contributed by atoms with Crippen molar-refractivity contribution in [3.05, 3.63) is 71.6 Å². The van der Waals surface area contributed by atoms with Crippen molar-refractivity contribution in [2.45, 2.75) is 26.7 Å². The van der Waals surface area contributed by atoms with Crippen LogP contribution in [0.5, 0.6) is 11.5 Å². The summed E-state index contributed by atoms with van der Waals surface area (Å²) in [6, 6.07) is 17.7. The minimum absolute atomic E-state index is 0.00164. The Morgan fingerprint density at radius 1 is 1.23 bits per heavy atom. The van der Waals surface area contributed by atoms with Gasteiger partial charge in [0.25, 0.3) is 5.91 Å². The molecule has 0 fully saturated rings. The van der Waals surface area contributed by atoms with Crippen LogP contribution < -0.4 is 15.4 Å². The van der Waals surface area contributed by atoms with Crippen LogP contribution in [0.3, 0.4) is 0 Å². The summed E-state index contributed by atoms with van der Waals surface area (Å²) in [5.41, 5.74) is 2.11. The van der Waals surface area contributed by atoms with E-state index in [0.717, 1.165) is 34.9 Å². The minimum Gasteiger partial charge on any atom is -0.457 e. The van der Waals surface area contributed by atoms with Crippen molar-refractivity contribution in [3.63, 3.8) is 0 Å². The third-order valence-electron chi connectivity index (χ3n) is 4.74. The first-order valence-electron chi connectivity index (χ1n) is 10.2. The van der Waals surface area contributed by atoms with Crippen molar-refractivity contribution in [2.24, 2.45) is 10.9 Å². The number of rotatable bonds is 7. The second-order valence-electron chi connectivity index (χ2n) is 7.03. The molecule has 154 valence electrons. The first kappa shape index (κ1) is 21.2. The largest absolute Gasteiger partial charge is 0.457 e. The third kappa shape index (κ3) is 5.99. The zero-order chi connectivity index (χ0) is 21.2. The summed E-state index contributed by atoms with van der Waals surface area (Å²) in [6.07, 6.45) is 3.43. The molecule has 0 saturated heterocycles. The Balaban J connectivity index is 1.62. The van der Waals surface area contributed by atoms with E-state index in [0.29, 0.717) is 19.5 Å². The van der Waals surface area contributed by atoms with Gasteiger partial charge < -0.3 is 15.4 Å². The van der Waals surface area contributed by atoms with Gasteiger partial charge in [0.1, 0.15) is 17.3 Å². The van der Waals surface area contributed by atoms with Gasteiger partial charge in [-0.15, -0.1) is 0 Å². The topological polar surface area (TPSA) is 62.7 Å². The van der Waals surface area contributed by atoms with Crippen LogP contribution in [0.2, 0.25) is 0 Å². The van der Waals surface area contributed by atoms with Gasteiger partial charge in [-0.3, -0.25) is 4.79 Å². The average molecular weight is 402 g/mol. The lowest BCUT2D eigenvalue weighted by Crippen LogP contribution is -2.22. The molecule has 0 aromatic heterocycles. The summed E-state index contributed by atoms with van der Waals surface area (Å²) in [5, 5.41) is 6.05. The number of nitrogens with zero attached hydrogens (tertiary/aromatic N) is 1. The molecule has 0 radical (unpaired) electrons. The van der Waals surface area contributed by atoms with Crippen molar-refractivity contribution < 1.29 is 9.53 Å². The van der Waals surface area contributed by atoms with Crippen molar-refractivity contribution in [1.82, 2.24) is 10.6 Å². The lowest BCUT2D eigenvalue weighted by atomic mass is 10.0. The second-order valence-corrected chi connectivity index (χ2v) is 7.03. The summed E-state index contributed by atoms with van der Waals surface area (Å²) in [5.74, 6) is 7.94. The van der Waals surface area contributed by atoms with Gasteiger partial charge in [-0.25, -0.2) is 4.99 Å². The van der Waals surface area contributed by atoms with Crippen LogP contribution in [-0.4, -0.2) is 25.2 Å². The number of hydrogen-bond acceptors (Lipinski definition) is 4. The number of para-hydroxylation sites is 2. The number of carbonyl (C=O) groups is 1. The first-order chi connectivity index (χ1) is 14.7. The fourth-order valence-electron chi connectivity index (χ4n) is 3.02. The van der Waals surface area contributed by atoms with E-state index >= 15 is 0 Å². The van der Waals surface area contributed by atoms with Crippen LogP contribution in [0.15, 0.2) is 71.0 Å². The lowest BCUT2D eigenvalue weighted by molar-refractivity contribution is -0.115. The van der Waals surface area contributed by atoms with Crippen LogP contribution in [0.1, 0.15) is 25.8 Å². The van der Waals surface area contributed by atoms with E-state index < -0.39 is 0 Å². The molecule has 0 aliphatic carbocycles. The Kier molecular flexibility index (Phi) is 7.68. The molecular formula is C25H27N3O2. The second kappa shape index (κ2) is 10.9. The molecule has 2 aromatic carbocycles. The van der Waals surface area contributed by atoms with Crippen LogP contribution in [0, 0.1) is 17.8 Å². The standard InChI is InChI=1S/C25H27N3O2/c1-3-16-26-24(29)14-13-21-18-28-25(19(21)2)27-17-15-20-9-7-8-12-23(20)30-22-10-5-4-6-11-22/h4-12,17,21,28H,3,15-16,18H2,1-2H3,(H,26,29)/b27-17-. The molecule has 1 aliphatic rings. The molecule has 1 atom stereocenters. The van der Waals surface area contributed by atoms with E-state index in [1.165, 1.54) is 0 Å². The SMILES string of the molecule is CCCNC(=O)C#CC1CNC(/N=C\Cc2ccccc2Oc2ccccc2)=C1C. The highest BCUT2D eigenvalue weighted by molar-refractivity contribution is 5.93. The quantitative estimate of drug-likeness (QED) is 0.543. The molecule has 5 nitrogen and oxygen atoms in total. The van der Waals surface area contributed by atoms with Crippen molar-refractivity contribution in [1.29, 1.82) is 0 Å². The fraction of sp³-hybridized carbons (Fsp3) is 0.280. The Morgan fingerprint density at radius 2 is 2.00 bits per heavy atom. The Labute approximate surface area is 178 Å². The van der Waals surface area contributed by atoms with Crippen molar-refractivity contribution in [3.8, 4) is 23.3 Å². The predicted octanol–water partition coefficient (Wildman–Crippen LogP) is 4.07. The number of aliphatic imine (C=N–C) groups is 1. The molecule has 0 bridgehead atoms. The first-order valence-corrected chi connectivity index (χ1v) is 10.2. The number of hydrogen-bond donors (Lipinski definition) is 2. The van der Waals surface area contributed by atoms with E-state index in [4.69, 9.17) is 4.74 Å². The maximum absolute atomic E-state index is 11.7. The monoisotopic (exact) mass is 401 g/mol. The lowest BCUT2D eigenvalue weighted by Gasteiger charge is -2.09. The van der Waals surface area contributed by atoms with Gasteiger partial charge >= 0.3 is 0 Å². The van der Waals surface area contributed by atoms with Crippen LogP contribution in [-0.2, 0) is 11.2 Å². The molecule has 5 heteroatoms. The summed E-state index contributed by atoms with van der Waals surface area (Å²) < 4.78 is 6.01. The molecule has 0 saturated carbocycles. The Morgan fingerprint density at radius 3 is 2.80 bits per heavy atom. The molecule has 1 amide bonds. The molecule has 0 spiro atoms. The third-order valence-corrected chi connectivity index (χ3v) is 4.74. The van der Waals surface area contributed by atoms with Crippen LogP contribution in [0.25, 0.3) is 0 Å². The molecule has 2 N–H and O–H groups in total. The van der Waals surface area contributed by atoms with Gasteiger partial charge in [-0.1, -0.05) is 49.2 Å². The average Bonchev–Trinajstić information content (AvgIpc) is 3.12. The Bertz CT molecular complexity index is 984. The van der Waals surface area contributed by atoms with Crippen molar-refractivity contribution in [2.75, 3.05) is 13.1 Å². The number of nitrogens with one attached hydrogen (secondary N) is 2. The minimum atomic E-state index is -0.225. The van der Waals surface area contributed by atoms with Gasteiger partial charge in [-0.2, -0.15) is 0 Å². The summed E-state index contributed by atoms with van der Waals surface area (Å²) >= 11 is 0. The van der Waals surface area contributed by atoms with Gasteiger partial charge in [-0.05, 0) is 43.0 Å². The normalized spacial score (nSPS) is 15.5. The number of benzene rings is 2. The molecule has 1 unspecified atom stereocenters. The zero-order valence-corrected chi connectivity index (χ0v) is 17.4. The van der Waals surface area contributed by atoms with Crippen LogP contribution in [0.4, 0.5) is 0 Å². The summed E-state index contributed by atoms with van der Waals surface area (Å²) in [4.78, 5) is 16.3. The fourth-order valence-corrected chi connectivity index (χ4v) is 3.02. The van der Waals surface area contributed by atoms with E-state index in [1.807, 2.05) is 74.7 Å². The van der Waals surface area contributed by atoms with Gasteiger partial charge in [0.05, 0.1) is 5.92 Å².